The third-order valence-corrected chi connectivity index (χ3v) is 4.23. The van der Waals surface area contributed by atoms with E-state index in [1.165, 1.54) is 18.6 Å². The predicted molar refractivity (Wildman–Crippen MR) is 95.3 cm³/mol. The summed E-state index contributed by atoms with van der Waals surface area (Å²) in [6.07, 6.45) is 2.84. The molecule has 0 bridgehead atoms. The molecule has 9 heteroatoms. The van der Waals surface area contributed by atoms with Gasteiger partial charge < -0.3 is 15.8 Å². The first-order valence-electron chi connectivity index (χ1n) is 7.48. The zero-order valence-corrected chi connectivity index (χ0v) is 14.2. The first kappa shape index (κ1) is 17.4. The fraction of sp³-hybridized carbons (Fsp3) is 0.0588. The number of para-hydroxylation sites is 1. The van der Waals surface area contributed by atoms with Gasteiger partial charge in [0.2, 0.25) is 0 Å². The lowest BCUT2D eigenvalue weighted by atomic mass is 10.3. The van der Waals surface area contributed by atoms with Crippen molar-refractivity contribution in [2.45, 2.75) is 0 Å². The Bertz CT molecular complexity index is 949. The van der Waals surface area contributed by atoms with Gasteiger partial charge in [-0.2, -0.15) is 0 Å². The zero-order chi connectivity index (χ0) is 18.5. The van der Waals surface area contributed by atoms with Crippen molar-refractivity contribution in [2.75, 3.05) is 11.9 Å². The first-order chi connectivity index (χ1) is 12.6. The summed E-state index contributed by atoms with van der Waals surface area (Å²) in [6, 6.07) is 10.6. The number of thiophene rings is 1. The second-order valence-electron chi connectivity index (χ2n) is 5.14. The van der Waals surface area contributed by atoms with Crippen LogP contribution in [-0.4, -0.2) is 33.9 Å². The normalized spacial score (nSPS) is 10.3. The Morgan fingerprint density at radius 3 is 2.69 bits per heavy atom. The standard InChI is InChI=1S/C17H14N4O4S/c18-15(23)12-6-7-26-16(12)20-14(22)9-25-17(24)13-8-19-10-21(13)11-4-2-1-3-5-11/h1-8,10H,9H2,(H2,18,23)(H,20,22). The quantitative estimate of drug-likeness (QED) is 0.642. The van der Waals surface area contributed by atoms with E-state index in [2.05, 4.69) is 10.3 Å². The summed E-state index contributed by atoms with van der Waals surface area (Å²) in [7, 11) is 0. The van der Waals surface area contributed by atoms with Gasteiger partial charge in [-0.05, 0) is 23.6 Å². The molecule has 0 aliphatic rings. The summed E-state index contributed by atoms with van der Waals surface area (Å²) >= 11 is 1.15. The van der Waals surface area contributed by atoms with Gasteiger partial charge in [-0.15, -0.1) is 11.3 Å². The molecule has 0 atom stereocenters. The summed E-state index contributed by atoms with van der Waals surface area (Å²) in [5.74, 6) is -1.91. The lowest BCUT2D eigenvalue weighted by Gasteiger charge is -2.08. The van der Waals surface area contributed by atoms with Crippen LogP contribution in [0.5, 0.6) is 0 Å². The molecular formula is C17H14N4O4S. The van der Waals surface area contributed by atoms with E-state index in [0.29, 0.717) is 5.00 Å². The smallest absolute Gasteiger partial charge is 0.357 e. The number of ether oxygens (including phenoxy) is 1. The number of primary amides is 1. The highest BCUT2D eigenvalue weighted by Gasteiger charge is 2.17. The van der Waals surface area contributed by atoms with Crippen molar-refractivity contribution in [3.8, 4) is 5.69 Å². The van der Waals surface area contributed by atoms with E-state index >= 15 is 0 Å². The molecule has 0 fully saturated rings. The number of nitrogens with two attached hydrogens (primary N) is 1. The Labute approximate surface area is 152 Å². The van der Waals surface area contributed by atoms with Gasteiger partial charge in [-0.25, -0.2) is 9.78 Å². The Hall–Kier alpha value is -3.46. The minimum absolute atomic E-state index is 0.193. The number of imidazole rings is 1. The van der Waals surface area contributed by atoms with Gasteiger partial charge in [0.05, 0.1) is 18.1 Å². The van der Waals surface area contributed by atoms with Crippen molar-refractivity contribution in [3.63, 3.8) is 0 Å². The number of hydrogen-bond donors (Lipinski definition) is 2. The SMILES string of the molecule is NC(=O)c1ccsc1NC(=O)COC(=O)c1cncn1-c1ccccc1. The van der Waals surface area contributed by atoms with Crippen molar-refractivity contribution >= 4 is 34.1 Å². The number of nitrogens with zero attached hydrogens (tertiary/aromatic N) is 2. The third kappa shape index (κ3) is 3.78. The molecule has 2 aromatic heterocycles. The lowest BCUT2D eigenvalue weighted by molar-refractivity contribution is -0.119. The molecule has 0 unspecified atom stereocenters. The molecule has 3 aromatic rings. The molecule has 132 valence electrons. The highest BCUT2D eigenvalue weighted by molar-refractivity contribution is 7.14. The van der Waals surface area contributed by atoms with Crippen LogP contribution < -0.4 is 11.1 Å². The van der Waals surface area contributed by atoms with Crippen LogP contribution in [0.4, 0.5) is 5.00 Å². The predicted octanol–water partition coefficient (Wildman–Crippen LogP) is 1.83. The molecular weight excluding hydrogens is 356 g/mol. The second-order valence-corrected chi connectivity index (χ2v) is 6.05. The van der Waals surface area contributed by atoms with Crippen molar-refractivity contribution < 1.29 is 19.1 Å². The van der Waals surface area contributed by atoms with Crippen molar-refractivity contribution in [1.82, 2.24) is 9.55 Å². The Morgan fingerprint density at radius 2 is 1.96 bits per heavy atom. The molecule has 0 saturated heterocycles. The largest absolute Gasteiger partial charge is 0.451 e. The van der Waals surface area contributed by atoms with Gasteiger partial charge >= 0.3 is 5.97 Å². The number of hydrogen-bond acceptors (Lipinski definition) is 6. The Morgan fingerprint density at radius 1 is 1.19 bits per heavy atom. The molecule has 0 radical (unpaired) electrons. The average Bonchev–Trinajstić information content (AvgIpc) is 3.29. The van der Waals surface area contributed by atoms with Crippen LogP contribution in [0.15, 0.2) is 54.3 Å². The van der Waals surface area contributed by atoms with Crippen LogP contribution in [-0.2, 0) is 9.53 Å². The van der Waals surface area contributed by atoms with Gasteiger partial charge in [0.1, 0.15) is 5.00 Å². The Balaban J connectivity index is 1.63. The number of anilines is 1. The fourth-order valence-corrected chi connectivity index (χ4v) is 3.02. The molecule has 0 aliphatic carbocycles. The monoisotopic (exact) mass is 370 g/mol. The summed E-state index contributed by atoms with van der Waals surface area (Å²) in [5, 5.41) is 4.44. The average molecular weight is 370 g/mol. The summed E-state index contributed by atoms with van der Waals surface area (Å²) in [4.78, 5) is 39.4. The van der Waals surface area contributed by atoms with Crippen LogP contribution in [0.3, 0.4) is 0 Å². The van der Waals surface area contributed by atoms with Crippen LogP contribution in [0.1, 0.15) is 20.8 Å². The minimum atomic E-state index is -0.692. The van der Waals surface area contributed by atoms with Crippen LogP contribution in [0.25, 0.3) is 5.69 Å². The number of benzene rings is 1. The van der Waals surface area contributed by atoms with Gasteiger partial charge in [0.25, 0.3) is 11.8 Å². The number of nitrogens with one attached hydrogen (secondary N) is 1. The van der Waals surface area contributed by atoms with Crippen molar-refractivity contribution in [2.24, 2.45) is 5.73 Å². The zero-order valence-electron chi connectivity index (χ0n) is 13.4. The number of rotatable bonds is 6. The molecule has 26 heavy (non-hydrogen) atoms. The van der Waals surface area contributed by atoms with Crippen LogP contribution >= 0.6 is 11.3 Å². The van der Waals surface area contributed by atoms with E-state index in [1.807, 2.05) is 30.3 Å². The van der Waals surface area contributed by atoms with Gasteiger partial charge in [-0.3, -0.25) is 14.2 Å². The number of amides is 2. The third-order valence-electron chi connectivity index (χ3n) is 3.40. The van der Waals surface area contributed by atoms with Crippen LogP contribution in [0, 0.1) is 0 Å². The topological polar surface area (TPSA) is 116 Å². The van der Waals surface area contributed by atoms with Gasteiger partial charge in [0, 0.05) is 5.69 Å². The molecule has 0 saturated carbocycles. The van der Waals surface area contributed by atoms with E-state index in [-0.39, 0.29) is 11.3 Å². The van der Waals surface area contributed by atoms with Crippen LogP contribution in [0.2, 0.25) is 0 Å². The molecule has 2 amide bonds. The summed E-state index contributed by atoms with van der Waals surface area (Å²) in [5.41, 5.74) is 6.35. The molecule has 3 N–H and O–H groups in total. The van der Waals surface area contributed by atoms with E-state index in [0.717, 1.165) is 17.0 Å². The van der Waals surface area contributed by atoms with Gasteiger partial charge in [0.15, 0.2) is 12.3 Å². The highest BCUT2D eigenvalue weighted by Crippen LogP contribution is 2.22. The summed E-state index contributed by atoms with van der Waals surface area (Å²) in [6.45, 7) is -0.505. The van der Waals surface area contributed by atoms with Gasteiger partial charge in [-0.1, -0.05) is 18.2 Å². The molecule has 2 heterocycles. The highest BCUT2D eigenvalue weighted by atomic mass is 32.1. The van der Waals surface area contributed by atoms with E-state index in [9.17, 15) is 14.4 Å². The summed E-state index contributed by atoms with van der Waals surface area (Å²) < 4.78 is 6.60. The van der Waals surface area contributed by atoms with E-state index in [4.69, 9.17) is 10.5 Å². The maximum Gasteiger partial charge on any atom is 0.357 e. The first-order valence-corrected chi connectivity index (χ1v) is 8.36. The minimum Gasteiger partial charge on any atom is -0.451 e. The number of carbonyl (C=O) groups excluding carboxylic acids is 3. The van der Waals surface area contributed by atoms with E-state index < -0.39 is 24.4 Å². The van der Waals surface area contributed by atoms with Crippen molar-refractivity contribution in [1.29, 1.82) is 0 Å². The maximum atomic E-state index is 12.2. The molecule has 0 spiro atoms. The molecule has 8 nitrogen and oxygen atoms in total. The number of esters is 1. The van der Waals surface area contributed by atoms with Crippen molar-refractivity contribution in [3.05, 3.63) is 65.6 Å². The fourth-order valence-electron chi connectivity index (χ4n) is 2.21. The lowest BCUT2D eigenvalue weighted by Crippen LogP contribution is -2.23. The molecule has 3 rings (SSSR count). The maximum absolute atomic E-state index is 12.2. The molecule has 1 aromatic carbocycles. The second kappa shape index (κ2) is 7.62. The van der Waals surface area contributed by atoms with E-state index in [1.54, 1.807) is 9.95 Å². The Kier molecular flexibility index (Phi) is 5.09. The molecule has 0 aliphatic heterocycles. The number of carbonyl (C=O) groups is 3. The number of aromatic nitrogens is 2.